The minimum absolute atomic E-state index is 0.00896. The zero-order valence-electron chi connectivity index (χ0n) is 28.0. The lowest BCUT2D eigenvalue weighted by atomic mass is 9.75. The van der Waals surface area contributed by atoms with Crippen molar-refractivity contribution in [2.75, 3.05) is 23.3 Å². The van der Waals surface area contributed by atoms with Gasteiger partial charge in [0.1, 0.15) is 11.6 Å². The number of carbonyl (C=O) groups excluding carboxylic acids is 5. The molecule has 0 spiro atoms. The van der Waals surface area contributed by atoms with Crippen molar-refractivity contribution in [3.63, 3.8) is 0 Å². The smallest absolute Gasteiger partial charge is 0.369 e. The molecule has 1 aromatic heterocycles. The zero-order valence-corrected chi connectivity index (χ0v) is 28.7. The van der Waals surface area contributed by atoms with Gasteiger partial charge < -0.3 is 10.2 Å². The van der Waals surface area contributed by atoms with E-state index in [0.717, 1.165) is 35.2 Å². The number of rotatable bonds is 7. The second-order valence-electron chi connectivity index (χ2n) is 13.1. The molecule has 51 heavy (non-hydrogen) atoms. The lowest BCUT2D eigenvalue weighted by Gasteiger charge is -2.41. The number of aryl methyl sites for hydroxylation is 2. The molecule has 2 N–H and O–H groups in total. The van der Waals surface area contributed by atoms with Gasteiger partial charge in [-0.2, -0.15) is 18.3 Å². The summed E-state index contributed by atoms with van der Waals surface area (Å²) in [5.41, 5.74) is 1.81. The van der Waals surface area contributed by atoms with Gasteiger partial charge in [-0.05, 0) is 82.3 Å². The van der Waals surface area contributed by atoms with Crippen molar-refractivity contribution in [3.8, 4) is 11.8 Å². The van der Waals surface area contributed by atoms with Crippen molar-refractivity contribution in [1.29, 1.82) is 0 Å². The van der Waals surface area contributed by atoms with Crippen LogP contribution in [0.5, 0.6) is 0 Å². The fourth-order valence-electron chi connectivity index (χ4n) is 6.66. The SMILES string of the molecule is Cc1ccc(N2CC(C#Cc3c(C)nn(C4(C(=O)Nc5ccc(C(F)(F)F)cc5Cl)CCC4)c3C)C2)cc1C(=O)N(C=O)C1CCC(=O)NC1=O. The van der Waals surface area contributed by atoms with E-state index in [2.05, 4.69) is 27.6 Å². The Morgan fingerprint density at radius 1 is 1.12 bits per heavy atom. The standard InChI is InChI=1S/C36H34ClF3N6O5/c1-20-5-8-25(16-27(20)33(50)45(19-47)30-11-12-31(48)42-32(30)49)44-17-23(18-44)6-9-26-21(2)43-46(22(26)3)35(13-4-14-35)34(51)41-29-10-7-24(15-28(29)37)36(38,39)40/h5,7-8,10,15-16,19,23,30H,4,11-14,17-18H2,1-3H3,(H,41,51)(H,42,48,49). The second kappa shape index (κ2) is 13.5. The monoisotopic (exact) mass is 722 g/mol. The Balaban J connectivity index is 1.14. The Morgan fingerprint density at radius 2 is 1.84 bits per heavy atom. The zero-order chi connectivity index (χ0) is 36.8. The van der Waals surface area contributed by atoms with Crippen LogP contribution in [-0.4, -0.2) is 63.9 Å². The summed E-state index contributed by atoms with van der Waals surface area (Å²) in [6.07, 6.45) is -2.41. The molecule has 266 valence electrons. The number of amides is 5. The number of piperidine rings is 1. The van der Waals surface area contributed by atoms with Crippen LogP contribution in [0.2, 0.25) is 5.02 Å². The number of aromatic nitrogens is 2. The average molecular weight is 723 g/mol. The van der Waals surface area contributed by atoms with Crippen LogP contribution in [0.25, 0.3) is 0 Å². The number of imide groups is 2. The summed E-state index contributed by atoms with van der Waals surface area (Å²) < 4.78 is 41.0. The van der Waals surface area contributed by atoms with Crippen LogP contribution in [0.1, 0.15) is 70.5 Å². The van der Waals surface area contributed by atoms with E-state index < -0.39 is 46.9 Å². The predicted octanol–water partition coefficient (Wildman–Crippen LogP) is 4.89. The maximum absolute atomic E-state index is 13.6. The molecule has 0 radical (unpaired) electrons. The van der Waals surface area contributed by atoms with Crippen LogP contribution in [0, 0.1) is 38.5 Å². The highest BCUT2D eigenvalue weighted by molar-refractivity contribution is 6.33. The molecule has 2 saturated heterocycles. The highest BCUT2D eigenvalue weighted by Crippen LogP contribution is 2.42. The number of anilines is 2. The van der Waals surface area contributed by atoms with Crippen molar-refractivity contribution in [1.82, 2.24) is 20.0 Å². The van der Waals surface area contributed by atoms with Gasteiger partial charge in [-0.25, -0.2) is 0 Å². The van der Waals surface area contributed by atoms with Crippen molar-refractivity contribution in [2.24, 2.45) is 5.92 Å². The molecule has 15 heteroatoms. The van der Waals surface area contributed by atoms with E-state index in [0.29, 0.717) is 54.9 Å². The first-order chi connectivity index (χ1) is 24.1. The molecule has 1 aliphatic carbocycles. The Hall–Kier alpha value is -5.16. The van der Waals surface area contributed by atoms with E-state index >= 15 is 0 Å². The van der Waals surface area contributed by atoms with Gasteiger partial charge in [-0.3, -0.25) is 38.9 Å². The molecule has 1 unspecified atom stereocenters. The summed E-state index contributed by atoms with van der Waals surface area (Å²) >= 11 is 6.11. The molecule has 0 bridgehead atoms. The number of alkyl halides is 3. The molecule has 2 aliphatic heterocycles. The number of nitrogens with zero attached hydrogens (tertiary/aromatic N) is 4. The molecule has 11 nitrogen and oxygen atoms in total. The van der Waals surface area contributed by atoms with Gasteiger partial charge in [-0.15, -0.1) is 0 Å². The van der Waals surface area contributed by atoms with E-state index in [1.54, 1.807) is 30.7 Å². The van der Waals surface area contributed by atoms with Crippen molar-refractivity contribution in [3.05, 3.63) is 75.1 Å². The summed E-state index contributed by atoms with van der Waals surface area (Å²) in [6.45, 7) is 6.51. The van der Waals surface area contributed by atoms with Crippen LogP contribution < -0.4 is 15.5 Å². The van der Waals surface area contributed by atoms with Crippen molar-refractivity contribution < 1.29 is 37.1 Å². The number of nitrogens with one attached hydrogen (secondary N) is 2. The Labute approximate surface area is 296 Å². The largest absolute Gasteiger partial charge is 0.416 e. The maximum Gasteiger partial charge on any atom is 0.416 e. The maximum atomic E-state index is 13.6. The van der Waals surface area contributed by atoms with Crippen LogP contribution in [0.4, 0.5) is 24.5 Å². The third kappa shape index (κ3) is 6.70. The summed E-state index contributed by atoms with van der Waals surface area (Å²) in [7, 11) is 0. The Bertz CT molecular complexity index is 2020. The predicted molar refractivity (Wildman–Crippen MR) is 181 cm³/mol. The van der Waals surface area contributed by atoms with E-state index in [9.17, 15) is 37.1 Å². The van der Waals surface area contributed by atoms with Crippen LogP contribution in [0.3, 0.4) is 0 Å². The number of hydrogen-bond acceptors (Lipinski definition) is 7. The third-order valence-corrected chi connectivity index (χ3v) is 10.2. The van der Waals surface area contributed by atoms with E-state index in [1.165, 1.54) is 0 Å². The highest BCUT2D eigenvalue weighted by atomic mass is 35.5. The first-order valence-corrected chi connectivity index (χ1v) is 16.7. The number of carbonyl (C=O) groups is 5. The van der Waals surface area contributed by atoms with Gasteiger partial charge in [0, 0.05) is 30.8 Å². The molecule has 3 aliphatic rings. The minimum atomic E-state index is -4.56. The molecule has 3 aromatic rings. The Morgan fingerprint density at radius 3 is 2.45 bits per heavy atom. The second-order valence-corrected chi connectivity index (χ2v) is 13.6. The Kier molecular flexibility index (Phi) is 9.45. The van der Waals surface area contributed by atoms with Crippen molar-refractivity contribution in [2.45, 2.75) is 70.6 Å². The number of benzene rings is 2. The molecule has 2 aromatic carbocycles. The molecule has 1 atom stereocenters. The molecular weight excluding hydrogens is 689 g/mol. The molecule has 6 rings (SSSR count). The molecule has 5 amide bonds. The molecular formula is C36H34ClF3N6O5. The van der Waals surface area contributed by atoms with E-state index in [4.69, 9.17) is 11.6 Å². The van der Waals surface area contributed by atoms with Gasteiger partial charge in [0.2, 0.25) is 18.2 Å². The molecule has 3 heterocycles. The summed E-state index contributed by atoms with van der Waals surface area (Å²) in [5.74, 6) is 4.34. The topological polar surface area (TPSA) is 134 Å². The van der Waals surface area contributed by atoms with Gasteiger partial charge in [0.25, 0.3) is 11.8 Å². The normalized spacial score (nSPS) is 18.5. The van der Waals surface area contributed by atoms with E-state index in [1.807, 2.05) is 17.9 Å². The van der Waals surface area contributed by atoms with Gasteiger partial charge >= 0.3 is 6.18 Å². The van der Waals surface area contributed by atoms with Gasteiger partial charge in [-0.1, -0.05) is 29.5 Å². The summed E-state index contributed by atoms with van der Waals surface area (Å²) in [4.78, 5) is 65.7. The van der Waals surface area contributed by atoms with Gasteiger partial charge in [0.15, 0.2) is 0 Å². The van der Waals surface area contributed by atoms with Gasteiger partial charge in [0.05, 0.1) is 39.1 Å². The fourth-order valence-corrected chi connectivity index (χ4v) is 6.89. The molecule has 1 saturated carbocycles. The van der Waals surface area contributed by atoms with E-state index in [-0.39, 0.29) is 35.0 Å². The number of hydrogen-bond donors (Lipinski definition) is 2. The lowest BCUT2D eigenvalue weighted by molar-refractivity contribution is -0.139. The van der Waals surface area contributed by atoms with Crippen LogP contribution >= 0.6 is 11.6 Å². The van der Waals surface area contributed by atoms with Crippen LogP contribution in [0.15, 0.2) is 36.4 Å². The molecule has 3 fully saturated rings. The third-order valence-electron chi connectivity index (χ3n) is 9.84. The van der Waals surface area contributed by atoms with Crippen molar-refractivity contribution >= 4 is 53.0 Å². The first-order valence-electron chi connectivity index (χ1n) is 16.4. The number of halogens is 4. The average Bonchev–Trinajstić information content (AvgIpc) is 3.30. The fraction of sp³-hybridized carbons (Fsp3) is 0.389. The quantitative estimate of drug-likeness (QED) is 0.202. The highest BCUT2D eigenvalue weighted by Gasteiger charge is 2.48. The first kappa shape index (κ1) is 35.7. The minimum Gasteiger partial charge on any atom is -0.369 e. The summed E-state index contributed by atoms with van der Waals surface area (Å²) in [5, 5.41) is 9.34. The lowest BCUT2D eigenvalue weighted by Crippen LogP contribution is -2.54. The summed E-state index contributed by atoms with van der Waals surface area (Å²) in [6, 6.07) is 7.05. The van der Waals surface area contributed by atoms with Crippen LogP contribution in [-0.2, 0) is 30.9 Å².